The second kappa shape index (κ2) is 4.76. The van der Waals surface area contributed by atoms with Gasteiger partial charge in [-0.05, 0) is 37.3 Å². The smallest absolute Gasteiger partial charge is 0.156 e. The molecule has 0 aliphatic rings. The average molecular weight is 242 g/mol. The molecule has 5 heteroatoms. The summed E-state index contributed by atoms with van der Waals surface area (Å²) in [5.74, 6) is 0. The van der Waals surface area contributed by atoms with Crippen molar-refractivity contribution >= 4 is 27.7 Å². The lowest BCUT2D eigenvalue weighted by atomic mass is 10.3. The summed E-state index contributed by atoms with van der Waals surface area (Å²) in [4.78, 5) is 1.05. The zero-order valence-corrected chi connectivity index (χ0v) is 10.0. The first-order valence-electron chi connectivity index (χ1n) is 4.97. The predicted molar refractivity (Wildman–Crippen MR) is 68.8 cm³/mol. The lowest BCUT2D eigenvalue weighted by Gasteiger charge is -1.93. The molecule has 2 N–H and O–H groups in total. The van der Waals surface area contributed by atoms with Gasteiger partial charge in [-0.3, -0.25) is 0 Å². The van der Waals surface area contributed by atoms with Crippen LogP contribution in [-0.2, 0) is 0 Å². The van der Waals surface area contributed by atoms with Crippen molar-refractivity contribution in [2.45, 2.75) is 6.92 Å². The first-order chi connectivity index (χ1) is 8.19. The third-order valence-corrected chi connectivity index (χ3v) is 3.04. The van der Waals surface area contributed by atoms with Crippen LogP contribution >= 0.6 is 11.3 Å². The van der Waals surface area contributed by atoms with E-state index < -0.39 is 0 Å². The second-order valence-corrected chi connectivity index (χ2v) is 4.71. The molecule has 1 aromatic carbocycles. The standard InChI is InChI=1S/C12H10N4S/c1-8-6-9(7-13)12(17-8)16-15-11-4-2-10(14)3-5-11/h2-6H,14H2,1H3/b16-15+. The van der Waals surface area contributed by atoms with Gasteiger partial charge in [0.1, 0.15) is 6.07 Å². The quantitative estimate of drug-likeness (QED) is 0.640. The highest BCUT2D eigenvalue weighted by Gasteiger charge is 2.04. The van der Waals surface area contributed by atoms with E-state index in [1.54, 1.807) is 24.3 Å². The van der Waals surface area contributed by atoms with Crippen molar-refractivity contribution in [3.05, 3.63) is 40.8 Å². The third-order valence-electron chi connectivity index (χ3n) is 2.11. The van der Waals surface area contributed by atoms with E-state index in [0.717, 1.165) is 4.88 Å². The minimum absolute atomic E-state index is 0.562. The molecule has 1 aromatic heterocycles. The lowest BCUT2D eigenvalue weighted by Crippen LogP contribution is -1.80. The van der Waals surface area contributed by atoms with Gasteiger partial charge in [0, 0.05) is 10.6 Å². The maximum atomic E-state index is 8.90. The number of hydrogen-bond donors (Lipinski definition) is 1. The van der Waals surface area contributed by atoms with Gasteiger partial charge in [0.15, 0.2) is 5.00 Å². The molecule has 0 aliphatic carbocycles. The van der Waals surface area contributed by atoms with Crippen LogP contribution in [0.1, 0.15) is 10.4 Å². The van der Waals surface area contributed by atoms with Crippen LogP contribution in [0.25, 0.3) is 0 Å². The zero-order chi connectivity index (χ0) is 12.3. The molecular weight excluding hydrogens is 232 g/mol. The Morgan fingerprint density at radius 2 is 1.94 bits per heavy atom. The van der Waals surface area contributed by atoms with Gasteiger partial charge in [-0.25, -0.2) is 0 Å². The van der Waals surface area contributed by atoms with Gasteiger partial charge in [-0.1, -0.05) is 0 Å². The van der Waals surface area contributed by atoms with Crippen LogP contribution in [0.15, 0.2) is 40.6 Å². The van der Waals surface area contributed by atoms with Crippen molar-refractivity contribution in [1.82, 2.24) is 0 Å². The number of nitrogens with two attached hydrogens (primary N) is 1. The Morgan fingerprint density at radius 3 is 2.59 bits per heavy atom. The van der Waals surface area contributed by atoms with Crippen molar-refractivity contribution < 1.29 is 0 Å². The number of rotatable bonds is 2. The van der Waals surface area contributed by atoms with Crippen LogP contribution in [0.2, 0.25) is 0 Å². The van der Waals surface area contributed by atoms with Crippen LogP contribution in [0.4, 0.5) is 16.4 Å². The maximum Gasteiger partial charge on any atom is 0.156 e. The predicted octanol–water partition coefficient (Wildman–Crippen LogP) is 3.93. The van der Waals surface area contributed by atoms with E-state index in [1.807, 2.05) is 13.0 Å². The number of aryl methyl sites for hydroxylation is 1. The molecule has 0 amide bonds. The molecule has 0 fully saturated rings. The van der Waals surface area contributed by atoms with Gasteiger partial charge in [-0.15, -0.1) is 21.6 Å². The van der Waals surface area contributed by atoms with E-state index in [1.165, 1.54) is 11.3 Å². The highest BCUT2D eigenvalue weighted by molar-refractivity contribution is 7.16. The van der Waals surface area contributed by atoms with E-state index in [2.05, 4.69) is 16.3 Å². The Morgan fingerprint density at radius 1 is 1.24 bits per heavy atom. The van der Waals surface area contributed by atoms with E-state index in [-0.39, 0.29) is 0 Å². The molecule has 0 saturated carbocycles. The van der Waals surface area contributed by atoms with Crippen molar-refractivity contribution in [2.75, 3.05) is 5.73 Å². The topological polar surface area (TPSA) is 74.5 Å². The Bertz CT molecular complexity index is 590. The van der Waals surface area contributed by atoms with Crippen LogP contribution in [-0.4, -0.2) is 0 Å². The number of nitrogens with zero attached hydrogens (tertiary/aromatic N) is 3. The molecule has 1 heterocycles. The number of nitrogen functional groups attached to an aromatic ring is 1. The Balaban J connectivity index is 2.26. The molecule has 0 saturated heterocycles. The highest BCUT2D eigenvalue weighted by atomic mass is 32.1. The van der Waals surface area contributed by atoms with Crippen LogP contribution in [0.5, 0.6) is 0 Å². The fourth-order valence-corrected chi connectivity index (χ4v) is 2.08. The molecule has 0 bridgehead atoms. The van der Waals surface area contributed by atoms with Gasteiger partial charge in [0.05, 0.1) is 11.3 Å². The van der Waals surface area contributed by atoms with Gasteiger partial charge in [0.25, 0.3) is 0 Å². The summed E-state index contributed by atoms with van der Waals surface area (Å²) in [5.41, 5.74) is 7.54. The third kappa shape index (κ3) is 2.68. The number of azo groups is 1. The molecule has 0 radical (unpaired) electrons. The summed E-state index contributed by atoms with van der Waals surface area (Å²) in [7, 11) is 0. The SMILES string of the molecule is Cc1cc(C#N)c(/N=N/c2ccc(N)cc2)s1. The molecule has 2 aromatic rings. The van der Waals surface area contributed by atoms with E-state index in [0.29, 0.717) is 21.9 Å². The normalized spacial score (nSPS) is 10.6. The highest BCUT2D eigenvalue weighted by Crippen LogP contribution is 2.31. The molecule has 0 atom stereocenters. The van der Waals surface area contributed by atoms with Crippen LogP contribution in [0, 0.1) is 18.3 Å². The van der Waals surface area contributed by atoms with Crippen LogP contribution in [0.3, 0.4) is 0 Å². The number of thiophene rings is 1. The minimum Gasteiger partial charge on any atom is -0.399 e. The Labute approximate surface area is 103 Å². The van der Waals surface area contributed by atoms with Crippen molar-refractivity contribution in [3.8, 4) is 6.07 Å². The summed E-state index contributed by atoms with van der Waals surface area (Å²) in [5, 5.41) is 17.7. The molecule has 0 aliphatic heterocycles. The first-order valence-corrected chi connectivity index (χ1v) is 5.78. The molecule has 17 heavy (non-hydrogen) atoms. The summed E-state index contributed by atoms with van der Waals surface area (Å²) in [6, 6.07) is 11.0. The Kier molecular flexibility index (Phi) is 3.17. The molecule has 0 spiro atoms. The van der Waals surface area contributed by atoms with E-state index in [9.17, 15) is 0 Å². The molecular formula is C12H10N4S. The van der Waals surface area contributed by atoms with E-state index in [4.69, 9.17) is 11.0 Å². The largest absolute Gasteiger partial charge is 0.399 e. The number of anilines is 1. The zero-order valence-electron chi connectivity index (χ0n) is 9.21. The molecule has 0 unspecified atom stereocenters. The second-order valence-electron chi connectivity index (χ2n) is 3.48. The summed E-state index contributed by atoms with van der Waals surface area (Å²) in [6.07, 6.45) is 0. The van der Waals surface area contributed by atoms with Gasteiger partial charge in [0.2, 0.25) is 0 Å². The van der Waals surface area contributed by atoms with Gasteiger partial charge < -0.3 is 5.73 Å². The van der Waals surface area contributed by atoms with Crippen LogP contribution < -0.4 is 5.73 Å². The summed E-state index contributed by atoms with van der Waals surface area (Å²) in [6.45, 7) is 1.94. The van der Waals surface area contributed by atoms with Crippen molar-refractivity contribution in [1.29, 1.82) is 5.26 Å². The summed E-state index contributed by atoms with van der Waals surface area (Å²) >= 11 is 1.45. The van der Waals surface area contributed by atoms with Crippen molar-refractivity contribution in [2.24, 2.45) is 10.2 Å². The number of benzene rings is 1. The first kappa shape index (κ1) is 11.3. The number of nitriles is 1. The van der Waals surface area contributed by atoms with Crippen molar-refractivity contribution in [3.63, 3.8) is 0 Å². The maximum absolute atomic E-state index is 8.90. The average Bonchev–Trinajstić information content (AvgIpc) is 2.69. The van der Waals surface area contributed by atoms with E-state index >= 15 is 0 Å². The number of hydrogen-bond acceptors (Lipinski definition) is 5. The fourth-order valence-electron chi connectivity index (χ4n) is 1.30. The fraction of sp³-hybridized carbons (Fsp3) is 0.0833. The van der Waals surface area contributed by atoms with Gasteiger partial charge in [-0.2, -0.15) is 5.26 Å². The monoisotopic (exact) mass is 242 g/mol. The minimum atomic E-state index is 0.562. The molecule has 2 rings (SSSR count). The Hall–Kier alpha value is -2.19. The lowest BCUT2D eigenvalue weighted by molar-refractivity contribution is 1.25. The summed E-state index contributed by atoms with van der Waals surface area (Å²) < 4.78 is 0. The van der Waals surface area contributed by atoms with Gasteiger partial charge >= 0.3 is 0 Å². The molecule has 84 valence electrons. The molecule has 4 nitrogen and oxygen atoms in total.